The monoisotopic (exact) mass is 180 g/mol. The van der Waals surface area contributed by atoms with Gasteiger partial charge in [-0.15, -0.1) is 11.3 Å². The van der Waals surface area contributed by atoms with Crippen LogP contribution >= 0.6 is 11.3 Å². The minimum Gasteiger partial charge on any atom is -0.382 e. The van der Waals surface area contributed by atoms with Gasteiger partial charge in [0.15, 0.2) is 0 Å². The van der Waals surface area contributed by atoms with Gasteiger partial charge < -0.3 is 5.73 Å². The summed E-state index contributed by atoms with van der Waals surface area (Å²) in [6, 6.07) is 2.00. The molecule has 3 nitrogen and oxygen atoms in total. The third-order valence-corrected chi connectivity index (χ3v) is 2.87. The number of thiophene rings is 1. The average molecular weight is 180 g/mol. The number of amidine groups is 1. The van der Waals surface area contributed by atoms with Crippen LogP contribution in [0, 0.1) is 6.92 Å². The number of fused-ring (bicyclic) bond motifs is 1. The van der Waals surface area contributed by atoms with E-state index in [4.69, 9.17) is 5.73 Å². The molecule has 0 atom stereocenters. The van der Waals surface area contributed by atoms with Crippen molar-refractivity contribution in [2.75, 3.05) is 0 Å². The van der Waals surface area contributed by atoms with E-state index in [1.165, 1.54) is 4.88 Å². The molecule has 0 radical (unpaired) electrons. The van der Waals surface area contributed by atoms with Gasteiger partial charge in [0.05, 0.1) is 11.3 Å². The first-order valence-electron chi connectivity index (χ1n) is 3.63. The number of hydrogen-bond acceptors (Lipinski definition) is 3. The normalized spacial score (nSPS) is 15.8. The number of nitrogens with two attached hydrogens (primary N) is 1. The summed E-state index contributed by atoms with van der Waals surface area (Å²) in [4.78, 5) is 16.8. The fraction of sp³-hybridized carbons (Fsp3) is 0.250. The van der Waals surface area contributed by atoms with E-state index in [1.807, 2.05) is 13.0 Å². The summed E-state index contributed by atoms with van der Waals surface area (Å²) in [7, 11) is 0. The molecule has 0 saturated carbocycles. The third kappa shape index (κ3) is 1.04. The van der Waals surface area contributed by atoms with Crippen LogP contribution in [0.1, 0.15) is 15.3 Å². The van der Waals surface area contributed by atoms with Crippen LogP contribution in [0.3, 0.4) is 0 Å². The summed E-state index contributed by atoms with van der Waals surface area (Å²) >= 11 is 1.59. The zero-order chi connectivity index (χ0) is 8.72. The summed E-state index contributed by atoms with van der Waals surface area (Å²) in [5, 5.41) is 0. The van der Waals surface area contributed by atoms with Crippen molar-refractivity contribution in [1.29, 1.82) is 0 Å². The number of hydrogen-bond donors (Lipinski definition) is 1. The molecule has 0 aliphatic carbocycles. The fourth-order valence-corrected chi connectivity index (χ4v) is 2.24. The van der Waals surface area contributed by atoms with E-state index in [1.54, 1.807) is 11.3 Å². The summed E-state index contributed by atoms with van der Waals surface area (Å²) in [5.74, 6) is 0.233. The summed E-state index contributed by atoms with van der Waals surface area (Å²) in [6.45, 7) is 2.00. The lowest BCUT2D eigenvalue weighted by Crippen LogP contribution is -2.21. The second-order valence-corrected chi connectivity index (χ2v) is 4.04. The number of rotatable bonds is 0. The van der Waals surface area contributed by atoms with E-state index in [2.05, 4.69) is 4.99 Å². The van der Waals surface area contributed by atoms with E-state index in [0.29, 0.717) is 12.3 Å². The molecule has 1 aliphatic heterocycles. The van der Waals surface area contributed by atoms with Crippen LogP contribution < -0.4 is 5.73 Å². The molecule has 4 heteroatoms. The molecule has 2 N–H and O–H groups in total. The molecule has 1 aromatic heterocycles. The lowest BCUT2D eigenvalue weighted by Gasteiger charge is -2.05. The maximum absolute atomic E-state index is 11.0. The average Bonchev–Trinajstić information content (AvgIpc) is 2.29. The minimum atomic E-state index is -0.141. The Labute approximate surface area is 73.9 Å². The Balaban J connectivity index is 2.58. The molecule has 0 aromatic carbocycles. The Kier molecular flexibility index (Phi) is 1.51. The SMILES string of the molecule is Cc1cc2c(s1)C(N)=NC(=O)C2. The highest BCUT2D eigenvalue weighted by Gasteiger charge is 2.18. The van der Waals surface area contributed by atoms with Crippen molar-refractivity contribution in [2.45, 2.75) is 13.3 Å². The highest BCUT2D eigenvalue weighted by atomic mass is 32.1. The third-order valence-electron chi connectivity index (χ3n) is 1.75. The quantitative estimate of drug-likeness (QED) is 0.643. The number of carbonyl (C=O) groups is 1. The van der Waals surface area contributed by atoms with Gasteiger partial charge in [0.1, 0.15) is 5.84 Å². The topological polar surface area (TPSA) is 55.4 Å². The Morgan fingerprint density at radius 1 is 1.67 bits per heavy atom. The minimum absolute atomic E-state index is 0.141. The fourth-order valence-electron chi connectivity index (χ4n) is 1.30. The number of amides is 1. The van der Waals surface area contributed by atoms with Crippen LogP contribution in [0.5, 0.6) is 0 Å². The molecule has 1 amide bonds. The van der Waals surface area contributed by atoms with Crippen LogP contribution in [0.25, 0.3) is 0 Å². The molecular weight excluding hydrogens is 172 g/mol. The largest absolute Gasteiger partial charge is 0.382 e. The van der Waals surface area contributed by atoms with Crippen LogP contribution in [0.2, 0.25) is 0 Å². The highest BCUT2D eigenvalue weighted by Crippen LogP contribution is 2.24. The Morgan fingerprint density at radius 2 is 2.42 bits per heavy atom. The van der Waals surface area contributed by atoms with Gasteiger partial charge in [-0.3, -0.25) is 4.79 Å². The maximum atomic E-state index is 11.0. The number of aryl methyl sites for hydroxylation is 1. The van der Waals surface area contributed by atoms with Gasteiger partial charge in [0.25, 0.3) is 5.91 Å². The Hall–Kier alpha value is -1.16. The van der Waals surface area contributed by atoms with Crippen LogP contribution in [0.15, 0.2) is 11.1 Å². The molecular formula is C8H8N2OS. The molecule has 0 saturated heterocycles. The molecule has 0 unspecified atom stereocenters. The van der Waals surface area contributed by atoms with Gasteiger partial charge in [0.2, 0.25) is 0 Å². The van der Waals surface area contributed by atoms with Crippen molar-refractivity contribution in [3.63, 3.8) is 0 Å². The molecule has 2 rings (SSSR count). The van der Waals surface area contributed by atoms with Crippen LogP contribution in [0.4, 0.5) is 0 Å². The second kappa shape index (κ2) is 2.42. The predicted molar refractivity (Wildman–Crippen MR) is 48.5 cm³/mol. The van der Waals surface area contributed by atoms with E-state index in [0.717, 1.165) is 10.4 Å². The molecule has 1 aliphatic rings. The standard InChI is InChI=1S/C8H8N2OS/c1-4-2-5-3-6(11)10-8(9)7(5)12-4/h2H,3H2,1H3,(H2,9,10,11). The van der Waals surface area contributed by atoms with Crippen molar-refractivity contribution in [1.82, 2.24) is 0 Å². The first-order chi connectivity index (χ1) is 5.66. The number of aliphatic imine (C=N–C) groups is 1. The van der Waals surface area contributed by atoms with Gasteiger partial charge in [-0.25, -0.2) is 0 Å². The molecule has 12 heavy (non-hydrogen) atoms. The van der Waals surface area contributed by atoms with Gasteiger partial charge >= 0.3 is 0 Å². The van der Waals surface area contributed by atoms with E-state index >= 15 is 0 Å². The zero-order valence-corrected chi connectivity index (χ0v) is 7.44. The molecule has 2 heterocycles. The van der Waals surface area contributed by atoms with Gasteiger partial charge in [-0.2, -0.15) is 4.99 Å². The molecule has 0 spiro atoms. The molecule has 0 fully saturated rings. The van der Waals surface area contributed by atoms with Crippen molar-refractivity contribution in [3.05, 3.63) is 21.4 Å². The first kappa shape index (κ1) is 7.49. The van der Waals surface area contributed by atoms with Crippen molar-refractivity contribution in [3.8, 4) is 0 Å². The molecule has 0 bridgehead atoms. The number of nitrogens with zero attached hydrogens (tertiary/aromatic N) is 1. The van der Waals surface area contributed by atoms with Crippen LogP contribution in [-0.4, -0.2) is 11.7 Å². The van der Waals surface area contributed by atoms with Gasteiger partial charge in [-0.05, 0) is 18.6 Å². The molecule has 1 aromatic rings. The van der Waals surface area contributed by atoms with Crippen LogP contribution in [-0.2, 0) is 11.2 Å². The highest BCUT2D eigenvalue weighted by molar-refractivity contribution is 7.14. The first-order valence-corrected chi connectivity index (χ1v) is 4.45. The number of carbonyl (C=O) groups excluding carboxylic acids is 1. The summed E-state index contributed by atoms with van der Waals surface area (Å²) < 4.78 is 0. The Morgan fingerprint density at radius 3 is 3.17 bits per heavy atom. The molecule has 62 valence electrons. The lowest BCUT2D eigenvalue weighted by atomic mass is 10.1. The van der Waals surface area contributed by atoms with E-state index < -0.39 is 0 Å². The van der Waals surface area contributed by atoms with Crippen molar-refractivity contribution in [2.24, 2.45) is 10.7 Å². The van der Waals surface area contributed by atoms with E-state index in [-0.39, 0.29) is 5.91 Å². The van der Waals surface area contributed by atoms with Crippen molar-refractivity contribution >= 4 is 23.1 Å². The van der Waals surface area contributed by atoms with Gasteiger partial charge in [0, 0.05) is 4.88 Å². The Bertz CT molecular complexity index is 378. The maximum Gasteiger partial charge on any atom is 0.252 e. The van der Waals surface area contributed by atoms with E-state index in [9.17, 15) is 4.79 Å². The lowest BCUT2D eigenvalue weighted by molar-refractivity contribution is -0.117. The smallest absolute Gasteiger partial charge is 0.252 e. The van der Waals surface area contributed by atoms with Crippen molar-refractivity contribution < 1.29 is 4.79 Å². The predicted octanol–water partition coefficient (Wildman–Crippen LogP) is 0.845. The zero-order valence-electron chi connectivity index (χ0n) is 6.63. The van der Waals surface area contributed by atoms with Gasteiger partial charge in [-0.1, -0.05) is 0 Å². The summed E-state index contributed by atoms with van der Waals surface area (Å²) in [6.07, 6.45) is 0.403. The summed E-state index contributed by atoms with van der Waals surface area (Å²) in [5.41, 5.74) is 6.61. The second-order valence-electron chi connectivity index (χ2n) is 2.78.